The maximum atomic E-state index is 12.2. The van der Waals surface area contributed by atoms with E-state index in [-0.39, 0.29) is 16.4 Å². The van der Waals surface area contributed by atoms with Crippen LogP contribution in [0.25, 0.3) is 5.82 Å². The predicted octanol–water partition coefficient (Wildman–Crippen LogP) is 3.69. The predicted molar refractivity (Wildman–Crippen MR) is 109 cm³/mol. The molecule has 8 nitrogen and oxygen atoms in total. The highest BCUT2D eigenvalue weighted by Gasteiger charge is 2.15. The van der Waals surface area contributed by atoms with Crippen molar-refractivity contribution in [2.24, 2.45) is 0 Å². The van der Waals surface area contributed by atoms with Gasteiger partial charge in [0.15, 0.2) is 18.2 Å². The van der Waals surface area contributed by atoms with Crippen molar-refractivity contribution in [2.75, 3.05) is 11.9 Å². The van der Waals surface area contributed by atoms with Gasteiger partial charge in [0.25, 0.3) is 5.91 Å². The van der Waals surface area contributed by atoms with E-state index in [1.165, 1.54) is 12.4 Å². The second-order valence-corrected chi connectivity index (χ2v) is 7.05. The van der Waals surface area contributed by atoms with Gasteiger partial charge in [-0.2, -0.15) is 5.10 Å². The molecular formula is C19H17Cl2N5O3. The van der Waals surface area contributed by atoms with Crippen LogP contribution in [0.3, 0.4) is 0 Å². The van der Waals surface area contributed by atoms with Gasteiger partial charge in [-0.25, -0.2) is 19.4 Å². The second kappa shape index (κ2) is 8.59. The zero-order valence-corrected chi connectivity index (χ0v) is 17.4. The number of rotatable bonds is 5. The minimum Gasteiger partial charge on any atom is -0.452 e. The van der Waals surface area contributed by atoms with Crippen molar-refractivity contribution in [1.82, 2.24) is 19.7 Å². The van der Waals surface area contributed by atoms with Crippen LogP contribution in [0.5, 0.6) is 0 Å². The standard InChI is InChI=1S/C19H17Cl2N5O3/c1-10-6-11(2)26(25-10)15-5-4-13(7-22-15)19(28)29-9-16(27)24-18-17(21)12(3)14(20)8-23-18/h4-8H,9H2,1-3H3,(H,23,24,27). The van der Waals surface area contributed by atoms with Gasteiger partial charge in [-0.15, -0.1) is 0 Å². The highest BCUT2D eigenvalue weighted by Crippen LogP contribution is 2.28. The molecule has 1 amide bonds. The molecule has 3 heterocycles. The summed E-state index contributed by atoms with van der Waals surface area (Å²) in [6, 6.07) is 5.13. The normalized spacial score (nSPS) is 10.7. The Kier molecular flexibility index (Phi) is 6.14. The fourth-order valence-electron chi connectivity index (χ4n) is 2.52. The first-order chi connectivity index (χ1) is 13.8. The molecule has 10 heteroatoms. The summed E-state index contributed by atoms with van der Waals surface area (Å²) in [6.45, 7) is 4.99. The van der Waals surface area contributed by atoms with E-state index in [9.17, 15) is 9.59 Å². The summed E-state index contributed by atoms with van der Waals surface area (Å²) < 4.78 is 6.69. The van der Waals surface area contributed by atoms with Gasteiger partial charge in [0.05, 0.1) is 21.3 Å². The van der Waals surface area contributed by atoms with Gasteiger partial charge < -0.3 is 10.1 Å². The van der Waals surface area contributed by atoms with E-state index < -0.39 is 18.5 Å². The first-order valence-corrected chi connectivity index (χ1v) is 9.29. The first-order valence-electron chi connectivity index (χ1n) is 8.53. The minimum absolute atomic E-state index is 0.144. The van der Waals surface area contributed by atoms with Crippen LogP contribution in [0, 0.1) is 20.8 Å². The zero-order chi connectivity index (χ0) is 21.1. The van der Waals surface area contributed by atoms with Crippen molar-refractivity contribution in [2.45, 2.75) is 20.8 Å². The van der Waals surface area contributed by atoms with Gasteiger partial charge in [0.2, 0.25) is 0 Å². The van der Waals surface area contributed by atoms with E-state index in [1.807, 2.05) is 19.9 Å². The lowest BCUT2D eigenvalue weighted by molar-refractivity contribution is -0.119. The molecule has 0 aliphatic carbocycles. The molecule has 0 saturated carbocycles. The minimum atomic E-state index is -0.682. The molecule has 3 aromatic heterocycles. The molecule has 0 bridgehead atoms. The van der Waals surface area contributed by atoms with Crippen molar-refractivity contribution in [1.29, 1.82) is 0 Å². The monoisotopic (exact) mass is 433 g/mol. The zero-order valence-electron chi connectivity index (χ0n) is 15.9. The van der Waals surface area contributed by atoms with Crippen molar-refractivity contribution >= 4 is 40.9 Å². The number of anilines is 1. The van der Waals surface area contributed by atoms with Crippen molar-refractivity contribution < 1.29 is 14.3 Å². The molecule has 0 radical (unpaired) electrons. The summed E-state index contributed by atoms with van der Waals surface area (Å²) in [5.74, 6) is -0.546. The number of pyridine rings is 2. The third-order valence-corrected chi connectivity index (χ3v) is 4.85. The fourth-order valence-corrected chi connectivity index (χ4v) is 2.91. The van der Waals surface area contributed by atoms with Gasteiger partial charge in [-0.05, 0) is 44.5 Å². The van der Waals surface area contributed by atoms with Crippen molar-refractivity contribution in [3.63, 3.8) is 0 Å². The molecule has 0 unspecified atom stereocenters. The Morgan fingerprint density at radius 1 is 1.14 bits per heavy atom. The van der Waals surface area contributed by atoms with Crippen LogP contribution in [-0.4, -0.2) is 38.2 Å². The number of halogens is 2. The molecule has 0 fully saturated rings. The molecule has 3 rings (SSSR count). The third kappa shape index (κ3) is 4.72. The number of nitrogens with one attached hydrogen (secondary N) is 1. The Bertz CT molecular complexity index is 1080. The average Bonchev–Trinajstić information content (AvgIpc) is 3.04. The van der Waals surface area contributed by atoms with E-state index in [4.69, 9.17) is 27.9 Å². The third-order valence-electron chi connectivity index (χ3n) is 4.00. The van der Waals surface area contributed by atoms with E-state index in [0.717, 1.165) is 11.4 Å². The largest absolute Gasteiger partial charge is 0.452 e. The molecule has 1 N–H and O–H groups in total. The molecule has 0 atom stereocenters. The Balaban J connectivity index is 1.60. The lowest BCUT2D eigenvalue weighted by Gasteiger charge is -2.09. The average molecular weight is 434 g/mol. The Labute approximate surface area is 176 Å². The number of aromatic nitrogens is 4. The highest BCUT2D eigenvalue weighted by molar-refractivity contribution is 6.37. The van der Waals surface area contributed by atoms with E-state index in [2.05, 4.69) is 20.4 Å². The molecule has 0 aromatic carbocycles. The summed E-state index contributed by atoms with van der Waals surface area (Å²) in [5.41, 5.74) is 2.59. The molecule has 0 aliphatic heterocycles. The smallest absolute Gasteiger partial charge is 0.340 e. The highest BCUT2D eigenvalue weighted by atomic mass is 35.5. The molecule has 0 spiro atoms. The van der Waals surface area contributed by atoms with Gasteiger partial charge in [-0.1, -0.05) is 23.2 Å². The molecule has 0 aliphatic rings. The van der Waals surface area contributed by atoms with Crippen LogP contribution >= 0.6 is 23.2 Å². The second-order valence-electron chi connectivity index (χ2n) is 6.26. The van der Waals surface area contributed by atoms with Gasteiger partial charge in [0, 0.05) is 18.1 Å². The molecule has 3 aromatic rings. The summed E-state index contributed by atoms with van der Waals surface area (Å²) in [7, 11) is 0. The Morgan fingerprint density at radius 3 is 2.52 bits per heavy atom. The molecule has 29 heavy (non-hydrogen) atoms. The summed E-state index contributed by atoms with van der Waals surface area (Å²) in [4.78, 5) is 32.4. The summed E-state index contributed by atoms with van der Waals surface area (Å²) in [5, 5.41) is 7.42. The van der Waals surface area contributed by atoms with Crippen molar-refractivity contribution in [3.05, 3.63) is 63.2 Å². The van der Waals surface area contributed by atoms with E-state index >= 15 is 0 Å². The molecule has 0 saturated heterocycles. The van der Waals surface area contributed by atoms with Crippen LogP contribution in [0.1, 0.15) is 27.3 Å². The number of amides is 1. The van der Waals surface area contributed by atoms with Crippen LogP contribution < -0.4 is 5.32 Å². The van der Waals surface area contributed by atoms with Crippen LogP contribution in [0.15, 0.2) is 30.6 Å². The summed E-state index contributed by atoms with van der Waals surface area (Å²) in [6.07, 6.45) is 2.74. The van der Waals surface area contributed by atoms with Crippen LogP contribution in [0.2, 0.25) is 10.0 Å². The van der Waals surface area contributed by atoms with Gasteiger partial charge in [0.1, 0.15) is 0 Å². The van der Waals surface area contributed by atoms with Crippen molar-refractivity contribution in [3.8, 4) is 5.82 Å². The van der Waals surface area contributed by atoms with Gasteiger partial charge in [-0.3, -0.25) is 4.79 Å². The number of aryl methyl sites for hydroxylation is 2. The number of ether oxygens (including phenoxy) is 1. The van der Waals surface area contributed by atoms with Gasteiger partial charge >= 0.3 is 5.97 Å². The Hall–Kier alpha value is -2.97. The lowest BCUT2D eigenvalue weighted by atomic mass is 10.3. The number of esters is 1. The number of nitrogens with zero attached hydrogens (tertiary/aromatic N) is 4. The van der Waals surface area contributed by atoms with Crippen LogP contribution in [0.4, 0.5) is 5.82 Å². The van der Waals surface area contributed by atoms with E-state index in [0.29, 0.717) is 16.4 Å². The van der Waals surface area contributed by atoms with E-state index in [1.54, 1.807) is 23.7 Å². The number of carbonyl (C=O) groups is 2. The number of hydrogen-bond acceptors (Lipinski definition) is 6. The van der Waals surface area contributed by atoms with Crippen LogP contribution in [-0.2, 0) is 9.53 Å². The summed E-state index contributed by atoms with van der Waals surface area (Å²) >= 11 is 12.0. The Morgan fingerprint density at radius 2 is 1.90 bits per heavy atom. The number of hydrogen-bond donors (Lipinski definition) is 1. The quantitative estimate of drug-likeness (QED) is 0.615. The fraction of sp³-hybridized carbons (Fsp3) is 0.211. The molecular weight excluding hydrogens is 417 g/mol. The maximum Gasteiger partial charge on any atom is 0.340 e. The topological polar surface area (TPSA) is 99.0 Å². The SMILES string of the molecule is Cc1cc(C)n(-c2ccc(C(=O)OCC(=O)Nc3ncc(Cl)c(C)c3Cl)cn2)n1. The maximum absolute atomic E-state index is 12.2. The lowest BCUT2D eigenvalue weighted by Crippen LogP contribution is -2.22. The molecule has 150 valence electrons. The number of carbonyl (C=O) groups excluding carboxylic acids is 2. The first kappa shape index (κ1) is 20.8.